The van der Waals surface area contributed by atoms with Gasteiger partial charge in [-0.2, -0.15) is 9.49 Å². The van der Waals surface area contributed by atoms with Crippen LogP contribution in [-0.4, -0.2) is 37.3 Å². The Bertz CT molecular complexity index is 583. The second kappa shape index (κ2) is 6.57. The number of halogens is 2. The third-order valence-corrected chi connectivity index (χ3v) is 4.82. The summed E-state index contributed by atoms with van der Waals surface area (Å²) in [5.74, 6) is -0.788. The van der Waals surface area contributed by atoms with E-state index < -0.39 is 20.9 Å². The fourth-order valence-corrected chi connectivity index (χ4v) is 3.21. The molecule has 0 aromatic carbocycles. The fraction of sp³-hybridized carbons (Fsp3) is 0.727. The summed E-state index contributed by atoms with van der Waals surface area (Å²) >= 11 is 0. The highest BCUT2D eigenvalue weighted by molar-refractivity contribution is 7.89. The molecule has 7 nitrogen and oxygen atoms in total. The van der Waals surface area contributed by atoms with E-state index in [1.165, 1.54) is 0 Å². The lowest BCUT2D eigenvalue weighted by Gasteiger charge is -2.23. The van der Waals surface area contributed by atoms with Crippen molar-refractivity contribution in [3.63, 3.8) is 0 Å². The van der Waals surface area contributed by atoms with Gasteiger partial charge in [-0.1, -0.05) is 0 Å². The van der Waals surface area contributed by atoms with E-state index in [1.54, 1.807) is 0 Å². The van der Waals surface area contributed by atoms with Crippen molar-refractivity contribution in [2.45, 2.75) is 42.7 Å². The largest absolute Gasteiger partial charge is 0.315 e. The van der Waals surface area contributed by atoms with E-state index >= 15 is 0 Å². The van der Waals surface area contributed by atoms with Gasteiger partial charge in [0.15, 0.2) is 4.90 Å². The summed E-state index contributed by atoms with van der Waals surface area (Å²) in [5.41, 5.74) is 2.74. The molecule has 2 heterocycles. The van der Waals surface area contributed by atoms with Crippen molar-refractivity contribution in [1.82, 2.24) is 25.4 Å². The Labute approximate surface area is 129 Å². The van der Waals surface area contributed by atoms with Gasteiger partial charge in [0.05, 0.1) is 12.2 Å². The Hall–Kier alpha value is -0.740. The molecule has 1 saturated carbocycles. The molecule has 1 atom stereocenters. The van der Waals surface area contributed by atoms with Crippen molar-refractivity contribution >= 4 is 22.4 Å². The predicted molar refractivity (Wildman–Crippen MR) is 77.1 cm³/mol. The van der Waals surface area contributed by atoms with Crippen molar-refractivity contribution in [2.75, 3.05) is 13.1 Å². The van der Waals surface area contributed by atoms with Crippen molar-refractivity contribution in [1.29, 1.82) is 0 Å². The van der Waals surface area contributed by atoms with Crippen LogP contribution in [0.1, 0.15) is 31.7 Å². The second-order valence-corrected chi connectivity index (χ2v) is 6.92. The zero-order valence-electron chi connectivity index (χ0n) is 11.4. The van der Waals surface area contributed by atoms with Gasteiger partial charge < -0.3 is 5.32 Å². The van der Waals surface area contributed by atoms with Gasteiger partial charge in [-0.05, 0) is 32.2 Å². The standard InChI is InChI=1S/C11H18FN5O2S.ClH/c12-11-10(7-14-17(11)9-3-4-9)20(18,19)16-15-8-2-1-5-13-6-8;/h7-9,13,15-16H,1-6H2;1H. The third kappa shape index (κ3) is 3.72. The first-order valence-electron chi connectivity index (χ1n) is 6.79. The Kier molecular flexibility index (Phi) is 5.20. The van der Waals surface area contributed by atoms with E-state index in [4.69, 9.17) is 0 Å². The maximum atomic E-state index is 14.0. The molecule has 1 aromatic heterocycles. The van der Waals surface area contributed by atoms with Crippen molar-refractivity contribution < 1.29 is 12.8 Å². The van der Waals surface area contributed by atoms with Gasteiger partial charge in [-0.3, -0.25) is 0 Å². The van der Waals surface area contributed by atoms with Crippen LogP contribution in [0.5, 0.6) is 0 Å². The lowest BCUT2D eigenvalue weighted by atomic mass is 10.1. The number of hydrogen-bond donors (Lipinski definition) is 3. The number of nitrogens with one attached hydrogen (secondary N) is 3. The van der Waals surface area contributed by atoms with Crippen molar-refractivity contribution in [2.24, 2.45) is 0 Å². The molecule has 0 bridgehead atoms. The molecule has 1 saturated heterocycles. The maximum Gasteiger partial charge on any atom is 0.259 e. The Morgan fingerprint density at radius 1 is 1.38 bits per heavy atom. The van der Waals surface area contributed by atoms with Crippen LogP contribution in [-0.2, 0) is 10.0 Å². The molecule has 1 unspecified atom stereocenters. The van der Waals surface area contributed by atoms with E-state index in [2.05, 4.69) is 20.7 Å². The number of piperidine rings is 1. The second-order valence-electron chi connectivity index (χ2n) is 5.27. The average Bonchev–Trinajstić information content (AvgIpc) is 3.20. The molecule has 1 aliphatic heterocycles. The minimum Gasteiger partial charge on any atom is -0.315 e. The van der Waals surface area contributed by atoms with E-state index in [1.807, 2.05) is 0 Å². The first-order valence-corrected chi connectivity index (χ1v) is 8.27. The highest BCUT2D eigenvalue weighted by Gasteiger charge is 2.32. The normalized spacial score (nSPS) is 22.8. The van der Waals surface area contributed by atoms with Gasteiger partial charge in [0, 0.05) is 12.6 Å². The molecule has 0 spiro atoms. The summed E-state index contributed by atoms with van der Waals surface area (Å²) in [6, 6.07) is 0.0227. The van der Waals surface area contributed by atoms with Gasteiger partial charge >= 0.3 is 0 Å². The quantitative estimate of drug-likeness (QED) is 0.672. The lowest BCUT2D eigenvalue weighted by molar-refractivity contribution is 0.376. The zero-order chi connectivity index (χ0) is 14.2. The van der Waals surface area contributed by atoms with E-state index in [-0.39, 0.29) is 24.5 Å². The summed E-state index contributed by atoms with van der Waals surface area (Å²) in [7, 11) is -3.92. The van der Waals surface area contributed by atoms with Crippen molar-refractivity contribution in [3.8, 4) is 0 Å². The lowest BCUT2D eigenvalue weighted by Crippen LogP contribution is -2.50. The van der Waals surface area contributed by atoms with Crippen LogP contribution in [0.3, 0.4) is 0 Å². The molecule has 1 aromatic rings. The van der Waals surface area contributed by atoms with Crippen LogP contribution in [0.25, 0.3) is 0 Å². The SMILES string of the molecule is Cl.O=S(=O)(NNC1CCCNC1)c1cnn(C2CC2)c1F. The molecule has 1 aliphatic carbocycles. The molecule has 3 rings (SSSR count). The molecule has 120 valence electrons. The molecule has 0 radical (unpaired) electrons. The van der Waals surface area contributed by atoms with Gasteiger partial charge in [-0.15, -0.1) is 17.2 Å². The summed E-state index contributed by atoms with van der Waals surface area (Å²) < 4.78 is 39.3. The molecule has 3 N–H and O–H groups in total. The fourth-order valence-electron chi connectivity index (χ4n) is 2.28. The number of hydrazine groups is 1. The Balaban J connectivity index is 0.00000161. The van der Waals surface area contributed by atoms with Crippen LogP contribution in [0, 0.1) is 5.95 Å². The summed E-state index contributed by atoms with van der Waals surface area (Å²) in [4.78, 5) is 1.85. The number of rotatable bonds is 5. The van der Waals surface area contributed by atoms with Gasteiger partial charge in [0.2, 0.25) is 5.95 Å². The molecule has 10 heteroatoms. The van der Waals surface area contributed by atoms with Crippen LogP contribution in [0.15, 0.2) is 11.1 Å². The van der Waals surface area contributed by atoms with Crippen LogP contribution in [0.4, 0.5) is 4.39 Å². The first-order chi connectivity index (χ1) is 9.58. The summed E-state index contributed by atoms with van der Waals surface area (Å²) in [5, 5.41) is 6.98. The number of nitrogens with zero attached hydrogens (tertiary/aromatic N) is 2. The van der Waals surface area contributed by atoms with E-state index in [0.717, 1.165) is 43.1 Å². The van der Waals surface area contributed by atoms with Crippen LogP contribution < -0.4 is 15.6 Å². The highest BCUT2D eigenvalue weighted by atomic mass is 35.5. The molecule has 2 aliphatic rings. The van der Waals surface area contributed by atoms with Crippen LogP contribution >= 0.6 is 12.4 Å². The smallest absolute Gasteiger partial charge is 0.259 e. The third-order valence-electron chi connectivity index (χ3n) is 3.58. The first kappa shape index (κ1) is 16.6. The number of hydrogen-bond acceptors (Lipinski definition) is 5. The summed E-state index contributed by atoms with van der Waals surface area (Å²) in [6.07, 6.45) is 4.61. The Morgan fingerprint density at radius 3 is 2.76 bits per heavy atom. The van der Waals surface area contributed by atoms with E-state index in [9.17, 15) is 12.8 Å². The van der Waals surface area contributed by atoms with Crippen LogP contribution in [0.2, 0.25) is 0 Å². The summed E-state index contributed by atoms with van der Waals surface area (Å²) in [6.45, 7) is 1.63. The predicted octanol–water partition coefficient (Wildman–Crippen LogP) is 0.314. The zero-order valence-corrected chi connectivity index (χ0v) is 13.0. The Morgan fingerprint density at radius 2 is 2.14 bits per heavy atom. The average molecular weight is 340 g/mol. The maximum absolute atomic E-state index is 14.0. The molecule has 0 amide bonds. The number of sulfonamides is 1. The molecule has 21 heavy (non-hydrogen) atoms. The minimum atomic E-state index is -3.92. The van der Waals surface area contributed by atoms with E-state index in [0.29, 0.717) is 6.54 Å². The number of aromatic nitrogens is 2. The highest BCUT2D eigenvalue weighted by Crippen LogP contribution is 2.35. The van der Waals surface area contributed by atoms with Gasteiger partial charge in [-0.25, -0.2) is 18.5 Å². The molecular weight excluding hydrogens is 321 g/mol. The van der Waals surface area contributed by atoms with Gasteiger partial charge in [0.1, 0.15) is 0 Å². The minimum absolute atomic E-state index is 0. The monoisotopic (exact) mass is 339 g/mol. The molecule has 2 fully saturated rings. The van der Waals surface area contributed by atoms with Gasteiger partial charge in [0.25, 0.3) is 10.0 Å². The van der Waals surface area contributed by atoms with Crippen molar-refractivity contribution in [3.05, 3.63) is 12.1 Å². The molecular formula is C11H19ClFN5O2S. The topological polar surface area (TPSA) is 88.1 Å².